The second kappa shape index (κ2) is 10.6. The number of unbranched alkanes of at least 4 members (excludes halogenated alkanes) is 4. The highest BCUT2D eigenvalue weighted by atomic mass is 35.5. The van der Waals surface area contributed by atoms with Crippen LogP contribution >= 0.6 is 19.4 Å². The minimum atomic E-state index is -4.44. The topological polar surface area (TPSA) is 88.0 Å². The van der Waals surface area contributed by atoms with Crippen molar-refractivity contribution in [3.05, 3.63) is 28.8 Å². The van der Waals surface area contributed by atoms with Gasteiger partial charge in [0.1, 0.15) is 11.9 Å². The molecule has 1 aliphatic heterocycles. The number of hydrogen-bond acceptors (Lipinski definition) is 4. The lowest BCUT2D eigenvalue weighted by molar-refractivity contribution is 0.173. The number of benzene rings is 1. The second-order valence-electron chi connectivity index (χ2n) is 6.80. The van der Waals surface area contributed by atoms with Crippen LogP contribution in [0.3, 0.4) is 0 Å². The van der Waals surface area contributed by atoms with E-state index in [1.54, 1.807) is 0 Å². The normalized spacial score (nSPS) is 20.5. The summed E-state index contributed by atoms with van der Waals surface area (Å²) in [6, 6.07) is 5.78. The fraction of sp³-hybridized carbons (Fsp3) is 0.667. The highest BCUT2D eigenvalue weighted by molar-refractivity contribution is 7.46. The van der Waals surface area contributed by atoms with Crippen LogP contribution in [-0.4, -0.2) is 35.1 Å². The third-order valence-electron chi connectivity index (χ3n) is 4.48. The molecule has 0 spiro atoms. The molecule has 3 N–H and O–H groups in total. The third kappa shape index (κ3) is 7.95. The van der Waals surface area contributed by atoms with E-state index < -0.39 is 7.82 Å². The first kappa shape index (κ1) is 21.7. The summed E-state index contributed by atoms with van der Waals surface area (Å²) in [5.41, 5.74) is 1.22. The van der Waals surface area contributed by atoms with E-state index >= 15 is 0 Å². The van der Waals surface area contributed by atoms with E-state index in [1.165, 1.54) is 37.7 Å². The van der Waals surface area contributed by atoms with Crippen LogP contribution in [0.2, 0.25) is 5.02 Å². The van der Waals surface area contributed by atoms with Crippen molar-refractivity contribution in [2.24, 2.45) is 0 Å². The Labute approximate surface area is 160 Å². The Morgan fingerprint density at radius 3 is 2.73 bits per heavy atom. The van der Waals surface area contributed by atoms with Gasteiger partial charge < -0.3 is 19.8 Å². The average Bonchev–Trinajstić information content (AvgIpc) is 3.02. The van der Waals surface area contributed by atoms with E-state index in [-0.39, 0.29) is 18.8 Å². The molecule has 2 atom stereocenters. The molecule has 1 fully saturated rings. The van der Waals surface area contributed by atoms with Gasteiger partial charge in [0, 0.05) is 19.0 Å². The lowest BCUT2D eigenvalue weighted by atomic mass is 10.1. The van der Waals surface area contributed by atoms with Gasteiger partial charge in [-0.15, -0.1) is 0 Å². The quantitative estimate of drug-likeness (QED) is 0.380. The zero-order valence-electron chi connectivity index (χ0n) is 15.2. The standard InChI is InChI=1S/C18H29ClNO5P/c1-2-3-4-5-6-7-14-8-9-18(17(19)10-14)25-16-11-15(20-12-16)13-24-26(21,22)23/h8-10,15-16,20H,2-7,11-13H2,1H3,(H2,21,22,23)/t15-,16+/m0/s1. The lowest BCUT2D eigenvalue weighted by Gasteiger charge is -2.15. The molecule has 0 aromatic heterocycles. The van der Waals surface area contributed by atoms with Crippen LogP contribution < -0.4 is 10.1 Å². The highest BCUT2D eigenvalue weighted by Gasteiger charge is 2.28. The van der Waals surface area contributed by atoms with Gasteiger partial charge in [0.05, 0.1) is 11.6 Å². The molecule has 1 aromatic rings. The lowest BCUT2D eigenvalue weighted by Crippen LogP contribution is -2.26. The van der Waals surface area contributed by atoms with Crippen LogP contribution in [0, 0.1) is 0 Å². The Morgan fingerprint density at radius 1 is 1.27 bits per heavy atom. The number of hydrogen-bond donors (Lipinski definition) is 3. The zero-order chi connectivity index (χ0) is 19.0. The number of halogens is 1. The molecule has 1 saturated heterocycles. The molecule has 0 amide bonds. The minimum absolute atomic E-state index is 0.0468. The van der Waals surface area contributed by atoms with Gasteiger partial charge >= 0.3 is 7.82 Å². The summed E-state index contributed by atoms with van der Waals surface area (Å²) >= 11 is 6.35. The van der Waals surface area contributed by atoms with E-state index in [4.69, 9.17) is 26.1 Å². The Morgan fingerprint density at radius 2 is 2.04 bits per heavy atom. The van der Waals surface area contributed by atoms with Crippen LogP contribution in [0.5, 0.6) is 5.75 Å². The summed E-state index contributed by atoms with van der Waals surface area (Å²) in [4.78, 5) is 17.5. The molecule has 2 rings (SSSR count). The van der Waals surface area contributed by atoms with E-state index in [2.05, 4.69) is 22.8 Å². The molecule has 1 aromatic carbocycles. The van der Waals surface area contributed by atoms with Crippen molar-refractivity contribution in [2.45, 2.75) is 64.0 Å². The van der Waals surface area contributed by atoms with Crippen LogP contribution in [0.4, 0.5) is 0 Å². The monoisotopic (exact) mass is 405 g/mol. The van der Waals surface area contributed by atoms with Crippen molar-refractivity contribution in [3.8, 4) is 5.75 Å². The molecule has 6 nitrogen and oxygen atoms in total. The Balaban J connectivity index is 1.76. The van der Waals surface area contributed by atoms with E-state index in [1.807, 2.05) is 12.1 Å². The smallest absolute Gasteiger partial charge is 0.469 e. The Hall–Kier alpha value is -0.620. The number of rotatable bonds is 11. The summed E-state index contributed by atoms with van der Waals surface area (Å²) in [5.74, 6) is 0.643. The van der Waals surface area contributed by atoms with Gasteiger partial charge in [0.15, 0.2) is 0 Å². The van der Waals surface area contributed by atoms with Gasteiger partial charge in [-0.3, -0.25) is 4.52 Å². The number of phosphoric acid groups is 1. The fourth-order valence-electron chi connectivity index (χ4n) is 3.09. The maximum absolute atomic E-state index is 10.8. The SMILES string of the molecule is CCCCCCCc1ccc(O[C@H]2CN[C@H](COP(=O)(O)O)C2)c(Cl)c1. The molecule has 0 aliphatic carbocycles. The molecule has 8 heteroatoms. The number of aryl methyl sites for hydroxylation is 1. The molecule has 1 aliphatic rings. The van der Waals surface area contributed by atoms with Gasteiger partial charge in [-0.2, -0.15) is 0 Å². The zero-order valence-corrected chi connectivity index (χ0v) is 16.8. The first-order valence-corrected chi connectivity index (χ1v) is 11.2. The molecule has 1 heterocycles. The van der Waals surface area contributed by atoms with Crippen molar-refractivity contribution in [1.82, 2.24) is 5.32 Å². The first-order valence-electron chi connectivity index (χ1n) is 9.26. The molecule has 26 heavy (non-hydrogen) atoms. The molecule has 148 valence electrons. The summed E-state index contributed by atoms with van der Waals surface area (Å²) < 4.78 is 21.2. The van der Waals surface area contributed by atoms with Gasteiger partial charge in [-0.1, -0.05) is 50.3 Å². The molecule has 0 unspecified atom stereocenters. The summed E-state index contributed by atoms with van der Waals surface area (Å²) in [6.45, 7) is 2.75. The van der Waals surface area contributed by atoms with Gasteiger partial charge in [0.2, 0.25) is 0 Å². The maximum Gasteiger partial charge on any atom is 0.469 e. The highest BCUT2D eigenvalue weighted by Crippen LogP contribution is 2.36. The molecular formula is C18H29ClNO5P. The van der Waals surface area contributed by atoms with Crippen LogP contribution in [0.1, 0.15) is 51.0 Å². The van der Waals surface area contributed by atoms with Crippen LogP contribution in [0.25, 0.3) is 0 Å². The second-order valence-corrected chi connectivity index (χ2v) is 8.44. The Kier molecular flexibility index (Phi) is 8.88. The minimum Gasteiger partial charge on any atom is -0.487 e. The number of phosphoric ester groups is 1. The van der Waals surface area contributed by atoms with Crippen molar-refractivity contribution >= 4 is 19.4 Å². The largest absolute Gasteiger partial charge is 0.487 e. The van der Waals surface area contributed by atoms with Crippen molar-refractivity contribution in [1.29, 1.82) is 0 Å². The van der Waals surface area contributed by atoms with Crippen molar-refractivity contribution in [3.63, 3.8) is 0 Å². The number of ether oxygens (including phenoxy) is 1. The van der Waals surface area contributed by atoms with Crippen molar-refractivity contribution < 1.29 is 23.6 Å². The Bertz CT molecular complexity index is 609. The average molecular weight is 406 g/mol. The molecule has 0 bridgehead atoms. The van der Waals surface area contributed by atoms with Gasteiger partial charge in [-0.25, -0.2) is 4.57 Å². The summed E-state index contributed by atoms with van der Waals surface area (Å²) in [7, 11) is -4.44. The summed E-state index contributed by atoms with van der Waals surface area (Å²) in [6.07, 6.45) is 7.78. The molecule has 0 radical (unpaired) electrons. The maximum atomic E-state index is 10.8. The van der Waals surface area contributed by atoms with Crippen LogP contribution in [0.15, 0.2) is 18.2 Å². The van der Waals surface area contributed by atoms with E-state index in [0.717, 1.165) is 6.42 Å². The molecule has 0 saturated carbocycles. The third-order valence-corrected chi connectivity index (χ3v) is 5.27. The van der Waals surface area contributed by atoms with Crippen LogP contribution in [-0.2, 0) is 15.5 Å². The predicted octanol–water partition coefficient (Wildman–Crippen LogP) is 4.07. The fourth-order valence-corrected chi connectivity index (χ4v) is 3.72. The van der Waals surface area contributed by atoms with Crippen molar-refractivity contribution in [2.75, 3.05) is 13.2 Å². The first-order chi connectivity index (χ1) is 12.4. The van der Waals surface area contributed by atoms with E-state index in [9.17, 15) is 4.57 Å². The molecular weight excluding hydrogens is 377 g/mol. The number of nitrogens with one attached hydrogen (secondary N) is 1. The van der Waals surface area contributed by atoms with E-state index in [0.29, 0.717) is 23.7 Å². The van der Waals surface area contributed by atoms with Gasteiger partial charge in [-0.05, 0) is 30.5 Å². The summed E-state index contributed by atoms with van der Waals surface area (Å²) in [5, 5.41) is 3.74. The predicted molar refractivity (Wildman–Crippen MR) is 103 cm³/mol. The van der Waals surface area contributed by atoms with Gasteiger partial charge in [0.25, 0.3) is 0 Å².